The van der Waals surface area contributed by atoms with E-state index in [9.17, 15) is 0 Å². The maximum atomic E-state index is 5.65. The summed E-state index contributed by atoms with van der Waals surface area (Å²) in [6.07, 6.45) is 0. The van der Waals surface area contributed by atoms with Crippen molar-refractivity contribution < 1.29 is 0 Å². The quantitative estimate of drug-likeness (QED) is 0.913. The SMILES string of the molecule is CCSCc1nc(C(C)C)c(-c2nnc(N)s2)s1. The highest BCUT2D eigenvalue weighted by Gasteiger charge is 2.18. The fourth-order valence-corrected chi connectivity index (χ4v) is 4.13. The second-order valence-corrected chi connectivity index (χ2v) is 7.43. The van der Waals surface area contributed by atoms with Crippen LogP contribution >= 0.6 is 34.4 Å². The molecule has 0 aliphatic heterocycles. The zero-order chi connectivity index (χ0) is 13.1. The highest BCUT2D eigenvalue weighted by atomic mass is 32.2. The van der Waals surface area contributed by atoms with E-state index in [0.29, 0.717) is 11.0 Å². The van der Waals surface area contributed by atoms with Crippen molar-refractivity contribution in [3.8, 4) is 9.88 Å². The van der Waals surface area contributed by atoms with Gasteiger partial charge in [0.1, 0.15) is 5.01 Å². The third-order valence-corrected chi connectivity index (χ3v) is 5.35. The first-order valence-corrected chi connectivity index (χ1v) is 8.57. The lowest BCUT2D eigenvalue weighted by molar-refractivity contribution is 0.829. The number of nitrogens with zero attached hydrogens (tertiary/aromatic N) is 3. The summed E-state index contributed by atoms with van der Waals surface area (Å²) in [5.41, 5.74) is 6.77. The Balaban J connectivity index is 2.35. The number of thiazole rings is 1. The first-order valence-electron chi connectivity index (χ1n) is 5.78. The summed E-state index contributed by atoms with van der Waals surface area (Å²) in [6, 6.07) is 0. The first-order chi connectivity index (χ1) is 8.61. The van der Waals surface area contributed by atoms with Crippen molar-refractivity contribution in [2.24, 2.45) is 0 Å². The molecular weight excluding hydrogens is 284 g/mol. The van der Waals surface area contributed by atoms with Crippen LogP contribution in [0.25, 0.3) is 9.88 Å². The van der Waals surface area contributed by atoms with Gasteiger partial charge in [-0.25, -0.2) is 4.98 Å². The predicted octanol–water partition coefficient (Wildman–Crippen LogP) is 3.62. The third-order valence-electron chi connectivity index (χ3n) is 2.31. The van der Waals surface area contributed by atoms with Crippen LogP contribution in [0.3, 0.4) is 0 Å². The summed E-state index contributed by atoms with van der Waals surface area (Å²) in [7, 11) is 0. The van der Waals surface area contributed by atoms with Crippen molar-refractivity contribution in [2.75, 3.05) is 11.5 Å². The Morgan fingerprint density at radius 2 is 2.06 bits per heavy atom. The number of rotatable bonds is 5. The van der Waals surface area contributed by atoms with Gasteiger partial charge in [-0.2, -0.15) is 11.8 Å². The normalized spacial score (nSPS) is 11.3. The molecule has 2 rings (SSSR count). The van der Waals surface area contributed by atoms with Gasteiger partial charge < -0.3 is 5.73 Å². The molecule has 0 aliphatic rings. The maximum Gasteiger partial charge on any atom is 0.203 e. The smallest absolute Gasteiger partial charge is 0.203 e. The van der Waals surface area contributed by atoms with Crippen molar-refractivity contribution in [2.45, 2.75) is 32.4 Å². The van der Waals surface area contributed by atoms with Gasteiger partial charge in [-0.15, -0.1) is 21.5 Å². The Kier molecular flexibility index (Phi) is 4.58. The molecule has 0 amide bonds. The minimum Gasteiger partial charge on any atom is -0.374 e. The molecule has 0 spiro atoms. The molecule has 0 saturated carbocycles. The third kappa shape index (κ3) is 3.02. The largest absolute Gasteiger partial charge is 0.374 e. The number of aromatic nitrogens is 3. The summed E-state index contributed by atoms with van der Waals surface area (Å²) in [6.45, 7) is 6.47. The number of hydrogen-bond donors (Lipinski definition) is 1. The van der Waals surface area contributed by atoms with E-state index < -0.39 is 0 Å². The molecular formula is C11H16N4S3. The fraction of sp³-hybridized carbons (Fsp3) is 0.545. The molecule has 2 N–H and O–H groups in total. The molecule has 0 unspecified atom stereocenters. The molecule has 2 aromatic heterocycles. The summed E-state index contributed by atoms with van der Waals surface area (Å²) in [5.74, 6) is 2.47. The van der Waals surface area contributed by atoms with Gasteiger partial charge in [-0.1, -0.05) is 32.1 Å². The predicted molar refractivity (Wildman–Crippen MR) is 81.4 cm³/mol. The summed E-state index contributed by atoms with van der Waals surface area (Å²) < 4.78 is 0. The lowest BCUT2D eigenvalue weighted by Crippen LogP contribution is -1.91. The summed E-state index contributed by atoms with van der Waals surface area (Å²) in [5, 5.41) is 10.6. The molecule has 0 radical (unpaired) electrons. The van der Waals surface area contributed by atoms with E-state index in [1.807, 2.05) is 11.8 Å². The van der Waals surface area contributed by atoms with Gasteiger partial charge in [0.15, 0.2) is 5.01 Å². The van der Waals surface area contributed by atoms with Gasteiger partial charge in [0.05, 0.1) is 10.6 Å². The zero-order valence-electron chi connectivity index (χ0n) is 10.6. The minimum atomic E-state index is 0.391. The molecule has 0 bridgehead atoms. The number of thioether (sulfide) groups is 1. The number of anilines is 1. The lowest BCUT2D eigenvalue weighted by Gasteiger charge is -2.01. The average Bonchev–Trinajstić information content (AvgIpc) is 2.92. The molecule has 7 heteroatoms. The van der Waals surface area contributed by atoms with Gasteiger partial charge >= 0.3 is 0 Å². The first kappa shape index (κ1) is 13.8. The van der Waals surface area contributed by atoms with E-state index in [4.69, 9.17) is 10.7 Å². The van der Waals surface area contributed by atoms with Crippen molar-refractivity contribution >= 4 is 39.6 Å². The molecule has 0 saturated heterocycles. The van der Waals surface area contributed by atoms with Crippen LogP contribution in [-0.2, 0) is 5.75 Å². The van der Waals surface area contributed by atoms with Crippen LogP contribution in [-0.4, -0.2) is 20.9 Å². The highest BCUT2D eigenvalue weighted by molar-refractivity contribution is 7.98. The lowest BCUT2D eigenvalue weighted by atomic mass is 10.1. The van der Waals surface area contributed by atoms with Gasteiger partial charge in [-0.3, -0.25) is 0 Å². The fourth-order valence-electron chi connectivity index (χ4n) is 1.50. The Labute approximate surface area is 119 Å². The monoisotopic (exact) mass is 300 g/mol. The summed E-state index contributed by atoms with van der Waals surface area (Å²) in [4.78, 5) is 5.86. The van der Waals surface area contributed by atoms with Gasteiger partial charge in [-0.05, 0) is 11.7 Å². The van der Waals surface area contributed by atoms with Gasteiger partial charge in [0.2, 0.25) is 5.13 Å². The Morgan fingerprint density at radius 3 is 2.61 bits per heavy atom. The van der Waals surface area contributed by atoms with Crippen molar-refractivity contribution in [3.05, 3.63) is 10.7 Å². The van der Waals surface area contributed by atoms with E-state index in [1.54, 1.807) is 11.3 Å². The maximum absolute atomic E-state index is 5.65. The molecule has 98 valence electrons. The van der Waals surface area contributed by atoms with Crippen molar-refractivity contribution in [3.63, 3.8) is 0 Å². The van der Waals surface area contributed by atoms with Crippen LogP contribution in [0.1, 0.15) is 37.4 Å². The van der Waals surface area contributed by atoms with E-state index in [1.165, 1.54) is 11.3 Å². The van der Waals surface area contributed by atoms with Crippen LogP contribution in [0.5, 0.6) is 0 Å². The van der Waals surface area contributed by atoms with Crippen molar-refractivity contribution in [1.82, 2.24) is 15.2 Å². The van der Waals surface area contributed by atoms with Crippen LogP contribution in [0, 0.1) is 0 Å². The molecule has 18 heavy (non-hydrogen) atoms. The van der Waals surface area contributed by atoms with E-state index in [-0.39, 0.29) is 0 Å². The van der Waals surface area contributed by atoms with E-state index in [2.05, 4.69) is 31.0 Å². The Bertz CT molecular complexity index is 518. The molecule has 2 aromatic rings. The van der Waals surface area contributed by atoms with Gasteiger partial charge in [0, 0.05) is 5.75 Å². The summed E-state index contributed by atoms with van der Waals surface area (Å²) >= 11 is 5.03. The molecule has 0 atom stereocenters. The molecule has 0 aliphatic carbocycles. The molecule has 0 fully saturated rings. The zero-order valence-corrected chi connectivity index (χ0v) is 13.1. The minimum absolute atomic E-state index is 0.391. The standard InChI is InChI=1S/C11H16N4S3/c1-4-16-5-7-13-8(6(2)3)9(17-7)10-14-15-11(12)18-10/h6H,4-5H2,1-3H3,(H2,12,15). The second-order valence-electron chi connectivity index (χ2n) is 4.06. The van der Waals surface area contributed by atoms with Crippen molar-refractivity contribution in [1.29, 1.82) is 0 Å². The number of nitrogens with two attached hydrogens (primary N) is 1. The van der Waals surface area contributed by atoms with Crippen LogP contribution < -0.4 is 5.73 Å². The highest BCUT2D eigenvalue weighted by Crippen LogP contribution is 2.37. The number of hydrogen-bond acceptors (Lipinski definition) is 7. The second kappa shape index (κ2) is 5.99. The van der Waals surface area contributed by atoms with E-state index >= 15 is 0 Å². The Hall–Kier alpha value is -0.660. The topological polar surface area (TPSA) is 64.7 Å². The van der Waals surface area contributed by atoms with Gasteiger partial charge in [0.25, 0.3) is 0 Å². The van der Waals surface area contributed by atoms with Crippen LogP contribution in [0.4, 0.5) is 5.13 Å². The van der Waals surface area contributed by atoms with Crippen LogP contribution in [0.2, 0.25) is 0 Å². The number of nitrogen functional groups attached to an aromatic ring is 1. The van der Waals surface area contributed by atoms with E-state index in [0.717, 1.165) is 32.1 Å². The molecule has 4 nitrogen and oxygen atoms in total. The average molecular weight is 300 g/mol. The Morgan fingerprint density at radius 1 is 1.28 bits per heavy atom. The molecule has 0 aromatic carbocycles. The van der Waals surface area contributed by atoms with Crippen LogP contribution in [0.15, 0.2) is 0 Å². The molecule has 2 heterocycles.